The highest BCUT2D eigenvalue weighted by Crippen LogP contribution is 2.30. The van der Waals surface area contributed by atoms with Gasteiger partial charge in [0, 0.05) is 28.7 Å². The van der Waals surface area contributed by atoms with Crippen LogP contribution in [0.4, 0.5) is 13.2 Å². The normalized spacial score (nSPS) is 11.0. The fourth-order valence-electron chi connectivity index (χ4n) is 3.05. The number of aromatic nitrogens is 1. The van der Waals surface area contributed by atoms with Gasteiger partial charge in [-0.15, -0.1) is 0 Å². The number of hydrogen-bond acceptors (Lipinski definition) is 3. The van der Waals surface area contributed by atoms with Crippen molar-refractivity contribution >= 4 is 17.4 Å². The molecule has 1 aromatic heterocycles. The monoisotopic (exact) mass is 423 g/mol. The van der Waals surface area contributed by atoms with E-state index >= 15 is 0 Å². The number of alkyl halides is 2. The Morgan fingerprint density at radius 3 is 2.55 bits per heavy atom. The van der Waals surface area contributed by atoms with E-state index in [9.17, 15) is 18.0 Å². The maximum Gasteiger partial charge on any atom is 0.387 e. The number of nitrogens with zero attached hydrogens (tertiary/aromatic N) is 1. The minimum absolute atomic E-state index is 0.0256. The van der Waals surface area contributed by atoms with Gasteiger partial charge in [-0.2, -0.15) is 8.78 Å². The number of ether oxygens (including phenoxy) is 2. The van der Waals surface area contributed by atoms with Crippen molar-refractivity contribution in [1.82, 2.24) is 4.57 Å². The molecule has 0 N–H and O–H groups in total. The second-order valence-electron chi connectivity index (χ2n) is 6.28. The average molecular weight is 424 g/mol. The number of carbonyl (C=O) groups is 1. The van der Waals surface area contributed by atoms with Gasteiger partial charge in [-0.05, 0) is 50.2 Å². The zero-order chi connectivity index (χ0) is 21.1. The first-order chi connectivity index (χ1) is 13.8. The van der Waals surface area contributed by atoms with Gasteiger partial charge in [-0.1, -0.05) is 17.7 Å². The van der Waals surface area contributed by atoms with Gasteiger partial charge in [0.2, 0.25) is 5.78 Å². The largest absolute Gasteiger partial charge is 0.485 e. The summed E-state index contributed by atoms with van der Waals surface area (Å²) in [4.78, 5) is 12.6. The maximum atomic E-state index is 13.2. The number of halogens is 4. The lowest BCUT2D eigenvalue weighted by molar-refractivity contribution is -0.0497. The molecule has 0 atom stereocenters. The molecule has 0 aliphatic carbocycles. The van der Waals surface area contributed by atoms with Gasteiger partial charge in [0.05, 0.1) is 5.02 Å². The van der Waals surface area contributed by atoms with E-state index < -0.39 is 12.4 Å². The standard InChI is InChI=1S/C21H17ClF3NO3/c1-12-8-17(19(27)11-28-16-5-3-4-14(23)9-16)13(2)26(12)15-6-7-20(18(22)10-15)29-21(24)25/h3-10,21H,11H2,1-2H3. The average Bonchev–Trinajstić information content (AvgIpc) is 2.95. The summed E-state index contributed by atoms with van der Waals surface area (Å²) in [6, 6.07) is 11.6. The predicted molar refractivity (Wildman–Crippen MR) is 103 cm³/mol. The van der Waals surface area contributed by atoms with Gasteiger partial charge < -0.3 is 14.0 Å². The Bertz CT molecular complexity index is 1050. The predicted octanol–water partition coefficient (Wildman–Crippen LogP) is 5.75. The lowest BCUT2D eigenvalue weighted by Gasteiger charge is -2.13. The smallest absolute Gasteiger partial charge is 0.387 e. The van der Waals surface area contributed by atoms with Gasteiger partial charge >= 0.3 is 6.61 Å². The van der Waals surface area contributed by atoms with Gasteiger partial charge in [0.1, 0.15) is 17.3 Å². The zero-order valence-electron chi connectivity index (χ0n) is 15.6. The number of aryl methyl sites for hydroxylation is 1. The van der Waals surface area contributed by atoms with Crippen molar-refractivity contribution in [2.75, 3.05) is 6.61 Å². The molecule has 3 aromatic rings. The van der Waals surface area contributed by atoms with Crippen molar-refractivity contribution in [2.45, 2.75) is 20.5 Å². The third kappa shape index (κ3) is 4.74. The molecule has 0 spiro atoms. The van der Waals surface area contributed by atoms with E-state index in [2.05, 4.69) is 4.74 Å². The second-order valence-corrected chi connectivity index (χ2v) is 6.69. The van der Waals surface area contributed by atoms with E-state index in [1.54, 1.807) is 36.6 Å². The number of hydrogen-bond donors (Lipinski definition) is 0. The summed E-state index contributed by atoms with van der Waals surface area (Å²) in [5.74, 6) is -0.608. The molecule has 0 fully saturated rings. The minimum Gasteiger partial charge on any atom is -0.485 e. The molecule has 8 heteroatoms. The fraction of sp³-hybridized carbons (Fsp3) is 0.190. The number of ketones is 1. The third-order valence-corrected chi connectivity index (χ3v) is 4.58. The van der Waals surface area contributed by atoms with Crippen molar-refractivity contribution in [1.29, 1.82) is 0 Å². The van der Waals surface area contributed by atoms with Crippen LogP contribution in [0.5, 0.6) is 11.5 Å². The minimum atomic E-state index is -2.98. The molecule has 0 bridgehead atoms. The van der Waals surface area contributed by atoms with Crippen LogP contribution in [-0.2, 0) is 0 Å². The highest BCUT2D eigenvalue weighted by atomic mass is 35.5. The molecule has 0 saturated heterocycles. The van der Waals surface area contributed by atoms with Crippen LogP contribution in [0.2, 0.25) is 5.02 Å². The molecule has 3 rings (SSSR count). The van der Waals surface area contributed by atoms with Crippen LogP contribution in [-0.4, -0.2) is 23.6 Å². The molecule has 0 aliphatic rings. The first-order valence-electron chi connectivity index (χ1n) is 8.61. The van der Waals surface area contributed by atoms with Gasteiger partial charge in [0.25, 0.3) is 0 Å². The first kappa shape index (κ1) is 20.8. The molecule has 4 nitrogen and oxygen atoms in total. The summed E-state index contributed by atoms with van der Waals surface area (Å²) >= 11 is 6.04. The molecular formula is C21H17ClF3NO3. The lowest BCUT2D eigenvalue weighted by Crippen LogP contribution is -2.13. The molecule has 0 saturated carbocycles. The summed E-state index contributed by atoms with van der Waals surface area (Å²) < 4.78 is 49.5. The van der Waals surface area contributed by atoms with E-state index in [1.165, 1.54) is 30.3 Å². The van der Waals surface area contributed by atoms with Crippen LogP contribution in [0.25, 0.3) is 5.69 Å². The van der Waals surface area contributed by atoms with Gasteiger partial charge in [-0.3, -0.25) is 4.79 Å². The SMILES string of the molecule is Cc1cc(C(=O)COc2cccc(F)c2)c(C)n1-c1ccc(OC(F)F)c(Cl)c1. The third-order valence-electron chi connectivity index (χ3n) is 4.29. The first-order valence-corrected chi connectivity index (χ1v) is 8.99. The number of benzene rings is 2. The molecule has 29 heavy (non-hydrogen) atoms. The van der Waals surface area contributed by atoms with Crippen LogP contribution in [0.15, 0.2) is 48.5 Å². The highest BCUT2D eigenvalue weighted by Gasteiger charge is 2.18. The Balaban J connectivity index is 1.82. The van der Waals surface area contributed by atoms with E-state index in [0.29, 0.717) is 16.9 Å². The lowest BCUT2D eigenvalue weighted by atomic mass is 10.1. The van der Waals surface area contributed by atoms with Crippen LogP contribution in [0, 0.1) is 19.7 Å². The Morgan fingerprint density at radius 1 is 1.14 bits per heavy atom. The van der Waals surface area contributed by atoms with E-state index in [-0.39, 0.29) is 28.9 Å². The summed E-state index contributed by atoms with van der Waals surface area (Å²) in [6.07, 6.45) is 0. The molecule has 0 amide bonds. The van der Waals surface area contributed by atoms with Crippen LogP contribution in [0.1, 0.15) is 21.7 Å². The van der Waals surface area contributed by atoms with Gasteiger partial charge in [-0.25, -0.2) is 4.39 Å². The van der Waals surface area contributed by atoms with Crippen LogP contribution in [0.3, 0.4) is 0 Å². The summed E-state index contributed by atoms with van der Waals surface area (Å²) in [5.41, 5.74) is 2.41. The zero-order valence-corrected chi connectivity index (χ0v) is 16.3. The molecule has 1 heterocycles. The van der Waals surface area contributed by atoms with E-state index in [0.717, 1.165) is 5.69 Å². The van der Waals surface area contributed by atoms with Crippen molar-refractivity contribution < 1.29 is 27.4 Å². The van der Waals surface area contributed by atoms with Crippen LogP contribution >= 0.6 is 11.6 Å². The summed E-state index contributed by atoms with van der Waals surface area (Å²) in [5, 5.41) is 0.0256. The molecule has 2 aromatic carbocycles. The molecule has 152 valence electrons. The molecular weight excluding hydrogens is 407 g/mol. The Kier molecular flexibility index (Phi) is 6.17. The van der Waals surface area contributed by atoms with Crippen molar-refractivity contribution in [2.24, 2.45) is 0 Å². The molecule has 0 unspecified atom stereocenters. The van der Waals surface area contributed by atoms with E-state index in [1.807, 2.05) is 0 Å². The number of rotatable bonds is 7. The van der Waals surface area contributed by atoms with Crippen molar-refractivity contribution in [3.05, 3.63) is 76.3 Å². The Labute approximate surface area is 170 Å². The number of Topliss-reactive ketones (excluding diaryl/α,β-unsaturated/α-hetero) is 1. The Hall–Kier alpha value is -2.93. The summed E-state index contributed by atoms with van der Waals surface area (Å²) in [7, 11) is 0. The number of carbonyl (C=O) groups excluding carboxylic acids is 1. The quantitative estimate of drug-likeness (QED) is 0.454. The molecule has 0 aliphatic heterocycles. The highest BCUT2D eigenvalue weighted by molar-refractivity contribution is 6.32. The van der Waals surface area contributed by atoms with Crippen LogP contribution < -0.4 is 9.47 Å². The van der Waals surface area contributed by atoms with E-state index in [4.69, 9.17) is 16.3 Å². The van der Waals surface area contributed by atoms with Gasteiger partial charge in [0.15, 0.2) is 6.61 Å². The molecule has 0 radical (unpaired) electrons. The summed E-state index contributed by atoms with van der Waals surface area (Å²) in [6.45, 7) is 0.320. The fourth-order valence-corrected chi connectivity index (χ4v) is 3.27. The topological polar surface area (TPSA) is 40.5 Å². The van der Waals surface area contributed by atoms with Crippen molar-refractivity contribution in [3.8, 4) is 17.2 Å². The maximum absolute atomic E-state index is 13.2. The Morgan fingerprint density at radius 2 is 1.90 bits per heavy atom. The second kappa shape index (κ2) is 8.61. The van der Waals surface area contributed by atoms with Crippen molar-refractivity contribution in [3.63, 3.8) is 0 Å².